The second-order valence-corrected chi connectivity index (χ2v) is 5.37. The van der Waals surface area contributed by atoms with Crippen LogP contribution < -0.4 is 5.32 Å². The normalized spacial score (nSPS) is 31.5. The lowest BCUT2D eigenvalue weighted by molar-refractivity contribution is 0.237. The van der Waals surface area contributed by atoms with Crippen LogP contribution in [0, 0.1) is 17.8 Å². The second kappa shape index (κ2) is 5.75. The molecule has 0 aliphatic heterocycles. The summed E-state index contributed by atoms with van der Waals surface area (Å²) in [4.78, 5) is 0. The highest BCUT2D eigenvalue weighted by molar-refractivity contribution is 4.79. The van der Waals surface area contributed by atoms with Crippen LogP contribution in [-0.2, 0) is 0 Å². The van der Waals surface area contributed by atoms with Crippen LogP contribution in [0.4, 0.5) is 0 Å². The third-order valence-corrected chi connectivity index (χ3v) is 4.17. The van der Waals surface area contributed by atoms with E-state index in [4.69, 9.17) is 0 Å². The lowest BCUT2D eigenvalue weighted by atomic mass is 9.80. The molecule has 0 heterocycles. The van der Waals surface area contributed by atoms with Gasteiger partial charge in [0.15, 0.2) is 0 Å². The fraction of sp³-hybridized carbons (Fsp3) is 1.00. The summed E-state index contributed by atoms with van der Waals surface area (Å²) in [5, 5.41) is 3.47. The zero-order valence-corrected chi connectivity index (χ0v) is 10.3. The summed E-state index contributed by atoms with van der Waals surface area (Å²) in [5.41, 5.74) is 0. The molecular weight excluding hydrogens is 170 g/mol. The van der Waals surface area contributed by atoms with Gasteiger partial charge in [-0.25, -0.2) is 0 Å². The van der Waals surface area contributed by atoms with Crippen molar-refractivity contribution >= 4 is 0 Å². The SMILES string of the molecule is CNC1CCCCC(C(C)C(C)C)C1. The van der Waals surface area contributed by atoms with Gasteiger partial charge < -0.3 is 5.32 Å². The molecule has 3 unspecified atom stereocenters. The van der Waals surface area contributed by atoms with E-state index in [1.807, 2.05) is 0 Å². The zero-order valence-electron chi connectivity index (χ0n) is 10.3. The van der Waals surface area contributed by atoms with Gasteiger partial charge in [0.25, 0.3) is 0 Å². The molecule has 1 rings (SSSR count). The van der Waals surface area contributed by atoms with Crippen molar-refractivity contribution in [3.63, 3.8) is 0 Å². The highest BCUT2D eigenvalue weighted by Gasteiger charge is 2.25. The Morgan fingerprint density at radius 2 is 1.71 bits per heavy atom. The van der Waals surface area contributed by atoms with Gasteiger partial charge in [-0.2, -0.15) is 0 Å². The van der Waals surface area contributed by atoms with E-state index in [2.05, 4.69) is 33.1 Å². The Morgan fingerprint density at radius 1 is 1.07 bits per heavy atom. The topological polar surface area (TPSA) is 12.0 Å². The van der Waals surface area contributed by atoms with Gasteiger partial charge in [-0.15, -0.1) is 0 Å². The van der Waals surface area contributed by atoms with E-state index in [1.54, 1.807) is 0 Å². The van der Waals surface area contributed by atoms with Crippen LogP contribution in [0.15, 0.2) is 0 Å². The minimum absolute atomic E-state index is 0.781. The molecule has 0 amide bonds. The molecule has 1 aliphatic carbocycles. The molecule has 1 fully saturated rings. The van der Waals surface area contributed by atoms with E-state index in [0.29, 0.717) is 0 Å². The summed E-state index contributed by atoms with van der Waals surface area (Å²) in [6.45, 7) is 7.17. The maximum atomic E-state index is 3.47. The predicted molar refractivity (Wildman–Crippen MR) is 63.4 cm³/mol. The van der Waals surface area contributed by atoms with Crippen LogP contribution in [-0.4, -0.2) is 13.1 Å². The van der Waals surface area contributed by atoms with Gasteiger partial charge >= 0.3 is 0 Å². The molecule has 0 aromatic rings. The molecule has 0 bridgehead atoms. The molecule has 0 aromatic heterocycles. The lowest BCUT2D eigenvalue weighted by Crippen LogP contribution is -2.29. The molecule has 0 radical (unpaired) electrons. The standard InChI is InChI=1S/C13H27N/c1-10(2)11(3)12-7-5-6-8-13(9-12)14-4/h10-14H,5-9H2,1-4H3. The van der Waals surface area contributed by atoms with Crippen molar-refractivity contribution in [2.75, 3.05) is 7.05 Å². The molecule has 1 N–H and O–H groups in total. The molecule has 14 heavy (non-hydrogen) atoms. The predicted octanol–water partition coefficient (Wildman–Crippen LogP) is 3.45. The van der Waals surface area contributed by atoms with Crippen LogP contribution >= 0.6 is 0 Å². The number of rotatable bonds is 3. The average Bonchev–Trinajstić information content (AvgIpc) is 2.41. The van der Waals surface area contributed by atoms with Gasteiger partial charge in [0.05, 0.1) is 0 Å². The quantitative estimate of drug-likeness (QED) is 0.683. The number of hydrogen-bond acceptors (Lipinski definition) is 1. The van der Waals surface area contributed by atoms with E-state index < -0.39 is 0 Å². The second-order valence-electron chi connectivity index (χ2n) is 5.37. The fourth-order valence-corrected chi connectivity index (χ4v) is 2.68. The van der Waals surface area contributed by atoms with E-state index >= 15 is 0 Å². The summed E-state index contributed by atoms with van der Waals surface area (Å²) in [6.07, 6.45) is 7.11. The number of hydrogen-bond donors (Lipinski definition) is 1. The fourth-order valence-electron chi connectivity index (χ4n) is 2.68. The van der Waals surface area contributed by atoms with E-state index in [1.165, 1.54) is 32.1 Å². The van der Waals surface area contributed by atoms with Crippen molar-refractivity contribution in [3.8, 4) is 0 Å². The third-order valence-electron chi connectivity index (χ3n) is 4.17. The highest BCUT2D eigenvalue weighted by atomic mass is 14.9. The Balaban J connectivity index is 2.49. The minimum Gasteiger partial charge on any atom is -0.317 e. The van der Waals surface area contributed by atoms with E-state index in [0.717, 1.165) is 23.8 Å². The zero-order chi connectivity index (χ0) is 10.6. The third kappa shape index (κ3) is 3.27. The molecule has 1 aliphatic rings. The van der Waals surface area contributed by atoms with Crippen molar-refractivity contribution in [1.29, 1.82) is 0 Å². The Morgan fingerprint density at radius 3 is 2.29 bits per heavy atom. The van der Waals surface area contributed by atoms with Gasteiger partial charge in [-0.05, 0) is 37.6 Å². The molecule has 0 saturated heterocycles. The molecule has 0 aromatic carbocycles. The monoisotopic (exact) mass is 197 g/mol. The van der Waals surface area contributed by atoms with Crippen molar-refractivity contribution in [2.24, 2.45) is 17.8 Å². The Labute approximate surface area is 89.7 Å². The van der Waals surface area contributed by atoms with E-state index in [9.17, 15) is 0 Å². The largest absolute Gasteiger partial charge is 0.317 e. The van der Waals surface area contributed by atoms with Gasteiger partial charge in [0.2, 0.25) is 0 Å². The van der Waals surface area contributed by atoms with Crippen molar-refractivity contribution < 1.29 is 0 Å². The summed E-state index contributed by atoms with van der Waals surface area (Å²) >= 11 is 0. The first-order chi connectivity index (χ1) is 6.65. The summed E-state index contributed by atoms with van der Waals surface area (Å²) in [6, 6.07) is 0.781. The first-order valence-corrected chi connectivity index (χ1v) is 6.32. The first-order valence-electron chi connectivity index (χ1n) is 6.32. The molecule has 0 spiro atoms. The summed E-state index contributed by atoms with van der Waals surface area (Å²) < 4.78 is 0. The maximum Gasteiger partial charge on any atom is 0.00668 e. The van der Waals surface area contributed by atoms with Crippen molar-refractivity contribution in [3.05, 3.63) is 0 Å². The van der Waals surface area contributed by atoms with E-state index in [-0.39, 0.29) is 0 Å². The van der Waals surface area contributed by atoms with Crippen LogP contribution in [0.25, 0.3) is 0 Å². The average molecular weight is 197 g/mol. The first kappa shape index (κ1) is 12.0. The van der Waals surface area contributed by atoms with Crippen LogP contribution in [0.1, 0.15) is 52.9 Å². The summed E-state index contributed by atoms with van der Waals surface area (Å²) in [7, 11) is 2.12. The molecule has 1 saturated carbocycles. The van der Waals surface area contributed by atoms with Gasteiger partial charge in [0, 0.05) is 6.04 Å². The molecule has 1 nitrogen and oxygen atoms in total. The molecule has 1 heteroatoms. The summed E-state index contributed by atoms with van der Waals surface area (Å²) in [5.74, 6) is 2.69. The van der Waals surface area contributed by atoms with Crippen molar-refractivity contribution in [2.45, 2.75) is 58.9 Å². The Bertz CT molecular complexity index is 153. The highest BCUT2D eigenvalue weighted by Crippen LogP contribution is 2.32. The van der Waals surface area contributed by atoms with Gasteiger partial charge in [-0.3, -0.25) is 0 Å². The number of nitrogens with one attached hydrogen (secondary N) is 1. The van der Waals surface area contributed by atoms with Crippen LogP contribution in [0.5, 0.6) is 0 Å². The van der Waals surface area contributed by atoms with Crippen LogP contribution in [0.3, 0.4) is 0 Å². The van der Waals surface area contributed by atoms with Crippen LogP contribution in [0.2, 0.25) is 0 Å². The molecule has 3 atom stereocenters. The minimum atomic E-state index is 0.781. The molecule has 84 valence electrons. The van der Waals surface area contributed by atoms with Crippen molar-refractivity contribution in [1.82, 2.24) is 5.32 Å². The lowest BCUT2D eigenvalue weighted by Gasteiger charge is -2.28. The molecular formula is C13H27N. The Kier molecular flexibility index (Phi) is 4.94. The smallest absolute Gasteiger partial charge is 0.00668 e. The Hall–Kier alpha value is -0.0400. The van der Waals surface area contributed by atoms with Gasteiger partial charge in [0.1, 0.15) is 0 Å². The maximum absolute atomic E-state index is 3.47. The van der Waals surface area contributed by atoms with Gasteiger partial charge in [-0.1, -0.05) is 40.0 Å².